The zero-order valence-electron chi connectivity index (χ0n) is 15.3. The molecule has 2 fully saturated rings. The lowest BCUT2D eigenvalue weighted by Crippen LogP contribution is -2.36. The molecule has 6 heteroatoms. The second-order valence-electron chi connectivity index (χ2n) is 6.67. The lowest BCUT2D eigenvalue weighted by Gasteiger charge is -2.24. The highest BCUT2D eigenvalue weighted by Crippen LogP contribution is 2.45. The third-order valence-corrected chi connectivity index (χ3v) is 6.44. The summed E-state index contributed by atoms with van der Waals surface area (Å²) in [5, 5.41) is -0.0465. The Morgan fingerprint density at radius 1 is 1.16 bits per heavy atom. The monoisotopic (exact) mass is 361 g/mol. The van der Waals surface area contributed by atoms with Crippen LogP contribution in [0.1, 0.15) is 36.8 Å². The average molecular weight is 362 g/mol. The van der Waals surface area contributed by atoms with Crippen molar-refractivity contribution in [1.29, 1.82) is 0 Å². The van der Waals surface area contributed by atoms with E-state index in [1.165, 1.54) is 10.5 Å². The standard InChI is InChI=1S/C19H27N3O2S/c1-4-20(5-2)11-6-12-21-17(23)16-13-25-18(22(16)19(21)24)15-9-7-14(3)8-10-15/h7-10,16,18H,4-6,11-13H2,1-3H3/t16-,18-/m0/s1. The molecule has 0 bridgehead atoms. The Balaban J connectivity index is 1.67. The van der Waals surface area contributed by atoms with Gasteiger partial charge >= 0.3 is 6.03 Å². The van der Waals surface area contributed by atoms with Crippen LogP contribution in [0.3, 0.4) is 0 Å². The van der Waals surface area contributed by atoms with E-state index in [9.17, 15) is 9.59 Å². The van der Waals surface area contributed by atoms with E-state index in [0.29, 0.717) is 12.3 Å². The highest BCUT2D eigenvalue weighted by atomic mass is 32.2. The van der Waals surface area contributed by atoms with Crippen molar-refractivity contribution in [2.75, 3.05) is 31.9 Å². The molecule has 5 nitrogen and oxygen atoms in total. The van der Waals surface area contributed by atoms with Crippen molar-refractivity contribution in [2.24, 2.45) is 0 Å². The fraction of sp³-hybridized carbons (Fsp3) is 0.579. The predicted octanol–water partition coefficient (Wildman–Crippen LogP) is 3.11. The third-order valence-electron chi connectivity index (χ3n) is 5.12. The van der Waals surface area contributed by atoms with Crippen molar-refractivity contribution in [2.45, 2.75) is 38.6 Å². The molecule has 1 aromatic rings. The molecule has 2 heterocycles. The summed E-state index contributed by atoms with van der Waals surface area (Å²) >= 11 is 1.69. The van der Waals surface area contributed by atoms with Crippen molar-refractivity contribution in [1.82, 2.24) is 14.7 Å². The van der Waals surface area contributed by atoms with Crippen LogP contribution >= 0.6 is 11.8 Å². The van der Waals surface area contributed by atoms with E-state index in [1.807, 2.05) is 0 Å². The van der Waals surface area contributed by atoms with Crippen molar-refractivity contribution in [3.63, 3.8) is 0 Å². The summed E-state index contributed by atoms with van der Waals surface area (Å²) in [7, 11) is 0. The number of fused-ring (bicyclic) bond motifs is 1. The van der Waals surface area contributed by atoms with Gasteiger partial charge in [0.1, 0.15) is 11.4 Å². The van der Waals surface area contributed by atoms with Crippen LogP contribution in [0.2, 0.25) is 0 Å². The minimum atomic E-state index is -0.294. The summed E-state index contributed by atoms with van der Waals surface area (Å²) in [4.78, 5) is 31.1. The Kier molecular flexibility index (Phi) is 5.69. The number of rotatable bonds is 7. The van der Waals surface area contributed by atoms with Gasteiger partial charge in [-0.2, -0.15) is 0 Å². The number of hydrogen-bond donors (Lipinski definition) is 0. The van der Waals surface area contributed by atoms with E-state index in [4.69, 9.17) is 0 Å². The van der Waals surface area contributed by atoms with Gasteiger partial charge in [-0.3, -0.25) is 14.6 Å². The summed E-state index contributed by atoms with van der Waals surface area (Å²) in [5.41, 5.74) is 2.30. The van der Waals surface area contributed by atoms with Crippen LogP contribution in [0.4, 0.5) is 4.79 Å². The highest BCUT2D eigenvalue weighted by molar-refractivity contribution is 7.99. The van der Waals surface area contributed by atoms with Gasteiger partial charge < -0.3 is 4.90 Å². The first kappa shape index (κ1) is 18.3. The number of hydrogen-bond acceptors (Lipinski definition) is 4. The number of imide groups is 1. The maximum atomic E-state index is 12.9. The second kappa shape index (κ2) is 7.79. The van der Waals surface area contributed by atoms with Crippen molar-refractivity contribution < 1.29 is 9.59 Å². The molecule has 1 aromatic carbocycles. The first-order valence-corrected chi connectivity index (χ1v) is 10.2. The molecule has 3 rings (SSSR count). The zero-order chi connectivity index (χ0) is 18.0. The van der Waals surface area contributed by atoms with Crippen LogP contribution in [-0.2, 0) is 4.79 Å². The van der Waals surface area contributed by atoms with Gasteiger partial charge in [0.2, 0.25) is 0 Å². The largest absolute Gasteiger partial charge is 0.328 e. The molecule has 0 saturated carbocycles. The molecule has 2 atom stereocenters. The first-order valence-electron chi connectivity index (χ1n) is 9.11. The van der Waals surface area contributed by atoms with Gasteiger partial charge in [0, 0.05) is 12.3 Å². The SMILES string of the molecule is CCN(CC)CCCN1C(=O)[C@@H]2CS[C@@H](c3ccc(C)cc3)N2C1=O. The first-order chi connectivity index (χ1) is 12.1. The topological polar surface area (TPSA) is 43.9 Å². The van der Waals surface area contributed by atoms with Crippen molar-refractivity contribution in [3.05, 3.63) is 35.4 Å². The molecule has 0 radical (unpaired) electrons. The van der Waals surface area contributed by atoms with Crippen LogP contribution in [-0.4, -0.2) is 64.6 Å². The Labute approximate surface area is 154 Å². The molecule has 2 aliphatic heterocycles. The number of amides is 3. The van der Waals surface area contributed by atoms with E-state index in [0.717, 1.165) is 31.6 Å². The fourth-order valence-corrected chi connectivity index (χ4v) is 4.94. The van der Waals surface area contributed by atoms with E-state index in [1.54, 1.807) is 16.7 Å². The molecule has 2 saturated heterocycles. The summed E-state index contributed by atoms with van der Waals surface area (Å²) in [6, 6.07) is 7.84. The summed E-state index contributed by atoms with van der Waals surface area (Å²) in [5.74, 6) is 0.669. The minimum Gasteiger partial charge on any atom is -0.304 e. The number of thioether (sulfide) groups is 1. The molecular weight excluding hydrogens is 334 g/mol. The molecule has 3 amide bonds. The normalized spacial score (nSPS) is 23.0. The summed E-state index contributed by atoms with van der Waals surface area (Å²) in [6.45, 7) is 9.76. The Hall–Kier alpha value is -1.53. The number of nitrogens with zero attached hydrogens (tertiary/aromatic N) is 3. The van der Waals surface area contributed by atoms with Gasteiger partial charge in [0.05, 0.1) is 0 Å². The number of carbonyl (C=O) groups excluding carboxylic acids is 2. The van der Waals surface area contributed by atoms with Gasteiger partial charge in [-0.15, -0.1) is 11.8 Å². The average Bonchev–Trinajstić information content (AvgIpc) is 3.15. The van der Waals surface area contributed by atoms with Crippen LogP contribution < -0.4 is 0 Å². The number of benzene rings is 1. The predicted molar refractivity (Wildman–Crippen MR) is 102 cm³/mol. The smallest absolute Gasteiger partial charge is 0.304 e. The van der Waals surface area contributed by atoms with Crippen LogP contribution in [0, 0.1) is 6.92 Å². The van der Waals surface area contributed by atoms with Crippen molar-refractivity contribution in [3.8, 4) is 0 Å². The van der Waals surface area contributed by atoms with E-state index < -0.39 is 0 Å². The number of urea groups is 1. The molecule has 2 aliphatic rings. The van der Waals surface area contributed by atoms with Gasteiger partial charge in [0.25, 0.3) is 5.91 Å². The van der Waals surface area contributed by atoms with Gasteiger partial charge in [-0.1, -0.05) is 43.7 Å². The van der Waals surface area contributed by atoms with Crippen LogP contribution in [0.15, 0.2) is 24.3 Å². The lowest BCUT2D eigenvalue weighted by molar-refractivity contribution is -0.127. The van der Waals surface area contributed by atoms with Crippen molar-refractivity contribution >= 4 is 23.7 Å². The quantitative estimate of drug-likeness (QED) is 0.700. The van der Waals surface area contributed by atoms with Crippen LogP contribution in [0.5, 0.6) is 0 Å². The summed E-state index contributed by atoms with van der Waals surface area (Å²) in [6.07, 6.45) is 0.835. The molecule has 25 heavy (non-hydrogen) atoms. The van der Waals surface area contributed by atoms with Gasteiger partial charge in [-0.25, -0.2) is 4.79 Å². The number of carbonyl (C=O) groups is 2. The van der Waals surface area contributed by atoms with E-state index >= 15 is 0 Å². The Morgan fingerprint density at radius 2 is 1.84 bits per heavy atom. The van der Waals surface area contributed by atoms with Crippen LogP contribution in [0.25, 0.3) is 0 Å². The molecule has 0 aliphatic carbocycles. The maximum absolute atomic E-state index is 12.9. The molecular formula is C19H27N3O2S. The summed E-state index contributed by atoms with van der Waals surface area (Å²) < 4.78 is 0. The second-order valence-corrected chi connectivity index (χ2v) is 7.79. The Morgan fingerprint density at radius 3 is 2.48 bits per heavy atom. The zero-order valence-corrected chi connectivity index (χ0v) is 16.1. The highest BCUT2D eigenvalue weighted by Gasteiger charge is 2.52. The van der Waals surface area contributed by atoms with E-state index in [-0.39, 0.29) is 23.4 Å². The maximum Gasteiger partial charge on any atom is 0.328 e. The molecule has 0 aromatic heterocycles. The fourth-order valence-electron chi connectivity index (χ4n) is 3.53. The third kappa shape index (κ3) is 3.55. The molecule has 0 spiro atoms. The molecule has 136 valence electrons. The van der Waals surface area contributed by atoms with Gasteiger partial charge in [0.15, 0.2) is 0 Å². The minimum absolute atomic E-state index is 0.0216. The van der Waals surface area contributed by atoms with Gasteiger partial charge in [-0.05, 0) is 38.5 Å². The number of aryl methyl sites for hydroxylation is 1. The molecule has 0 N–H and O–H groups in total. The van der Waals surface area contributed by atoms with E-state index in [2.05, 4.69) is 49.9 Å². The Bertz CT molecular complexity index is 630. The lowest BCUT2D eigenvalue weighted by atomic mass is 10.1. The molecule has 0 unspecified atom stereocenters.